The van der Waals surface area contributed by atoms with E-state index in [9.17, 15) is 9.59 Å². The lowest BCUT2D eigenvalue weighted by Crippen LogP contribution is -2.41. The van der Waals surface area contributed by atoms with E-state index in [0.29, 0.717) is 32.9 Å². The SMILES string of the molecule is Cc1cc(C)nc(SCC(=O)N(Cc2ccc(Cl)cc2)C(C(=O)Nc2ccc(N(C)C)cc2)c2ccc3c(c2)OCO3)n1. The highest BCUT2D eigenvalue weighted by Gasteiger charge is 2.33. The van der Waals surface area contributed by atoms with Gasteiger partial charge < -0.3 is 24.6 Å². The summed E-state index contributed by atoms with van der Waals surface area (Å²) in [5.41, 5.74) is 4.64. The van der Waals surface area contributed by atoms with Crippen LogP contribution in [0, 0.1) is 13.8 Å². The topological polar surface area (TPSA) is 96.9 Å². The fourth-order valence-corrected chi connectivity index (χ4v) is 5.65. The first-order chi connectivity index (χ1) is 20.7. The average Bonchev–Trinajstić information content (AvgIpc) is 3.45. The van der Waals surface area contributed by atoms with E-state index in [-0.39, 0.29) is 30.9 Å². The number of hydrogen-bond acceptors (Lipinski definition) is 8. The lowest BCUT2D eigenvalue weighted by molar-refractivity contribution is -0.137. The predicted octanol–water partition coefficient (Wildman–Crippen LogP) is 6.04. The Labute approximate surface area is 260 Å². The maximum Gasteiger partial charge on any atom is 0.251 e. The summed E-state index contributed by atoms with van der Waals surface area (Å²) in [6, 6.07) is 20.9. The second-order valence-corrected chi connectivity index (χ2v) is 11.7. The van der Waals surface area contributed by atoms with Crippen LogP contribution >= 0.6 is 23.4 Å². The number of carbonyl (C=O) groups is 2. The van der Waals surface area contributed by atoms with Gasteiger partial charge in [-0.1, -0.05) is 41.6 Å². The Morgan fingerprint density at radius 3 is 2.28 bits per heavy atom. The van der Waals surface area contributed by atoms with Crippen LogP contribution in [0.25, 0.3) is 0 Å². The van der Waals surface area contributed by atoms with Gasteiger partial charge in [0.2, 0.25) is 12.7 Å². The van der Waals surface area contributed by atoms with Gasteiger partial charge in [0.1, 0.15) is 6.04 Å². The highest BCUT2D eigenvalue weighted by molar-refractivity contribution is 7.99. The third-order valence-corrected chi connectivity index (χ3v) is 7.88. The summed E-state index contributed by atoms with van der Waals surface area (Å²) in [6.07, 6.45) is 0. The van der Waals surface area contributed by atoms with Gasteiger partial charge in [0.15, 0.2) is 16.7 Å². The molecule has 0 bridgehead atoms. The Kier molecular flexibility index (Phi) is 9.37. The maximum absolute atomic E-state index is 14.1. The Hall–Kier alpha value is -4.28. The number of anilines is 2. The number of aryl methyl sites for hydroxylation is 2. The summed E-state index contributed by atoms with van der Waals surface area (Å²) < 4.78 is 11.1. The zero-order valence-electron chi connectivity index (χ0n) is 24.3. The van der Waals surface area contributed by atoms with Crippen LogP contribution in [0.1, 0.15) is 28.6 Å². The molecule has 0 fully saturated rings. The third kappa shape index (κ3) is 7.57. The lowest BCUT2D eigenvalue weighted by atomic mass is 10.0. The van der Waals surface area contributed by atoms with Crippen LogP contribution in [-0.4, -0.2) is 53.3 Å². The van der Waals surface area contributed by atoms with Crippen molar-refractivity contribution in [2.24, 2.45) is 0 Å². The Bertz CT molecular complexity index is 1600. The molecular formula is C32H32ClN5O4S. The molecule has 0 radical (unpaired) electrons. The van der Waals surface area contributed by atoms with Gasteiger partial charge in [-0.15, -0.1) is 0 Å². The van der Waals surface area contributed by atoms with E-state index < -0.39 is 6.04 Å². The quantitative estimate of drug-likeness (QED) is 0.170. The molecule has 2 amide bonds. The number of benzene rings is 3. The minimum Gasteiger partial charge on any atom is -0.454 e. The van der Waals surface area contributed by atoms with E-state index in [4.69, 9.17) is 21.1 Å². The summed E-state index contributed by atoms with van der Waals surface area (Å²) in [7, 11) is 3.90. The minimum absolute atomic E-state index is 0.0301. The van der Waals surface area contributed by atoms with Crippen molar-refractivity contribution in [2.75, 3.05) is 36.9 Å². The zero-order valence-corrected chi connectivity index (χ0v) is 25.9. The third-order valence-electron chi connectivity index (χ3n) is 6.80. The number of rotatable bonds is 10. The van der Waals surface area contributed by atoms with Gasteiger partial charge in [0.05, 0.1) is 5.75 Å². The van der Waals surface area contributed by atoms with Crippen molar-refractivity contribution in [1.29, 1.82) is 0 Å². The fraction of sp³-hybridized carbons (Fsp3) is 0.250. The molecular weight excluding hydrogens is 586 g/mol. The van der Waals surface area contributed by atoms with E-state index >= 15 is 0 Å². The first-order valence-corrected chi connectivity index (χ1v) is 15.0. The van der Waals surface area contributed by atoms with Gasteiger partial charge in [0, 0.05) is 48.4 Å². The predicted molar refractivity (Wildman–Crippen MR) is 169 cm³/mol. The number of ether oxygens (including phenoxy) is 2. The number of nitrogens with one attached hydrogen (secondary N) is 1. The molecule has 0 aliphatic carbocycles. The van der Waals surface area contributed by atoms with Crippen molar-refractivity contribution < 1.29 is 19.1 Å². The molecule has 1 N–H and O–H groups in total. The summed E-state index contributed by atoms with van der Waals surface area (Å²) in [5, 5.41) is 4.10. The molecule has 1 aliphatic heterocycles. The number of nitrogens with zero attached hydrogens (tertiary/aromatic N) is 4. The number of fused-ring (bicyclic) bond motifs is 1. The number of thioether (sulfide) groups is 1. The van der Waals surface area contributed by atoms with E-state index in [1.165, 1.54) is 11.8 Å². The van der Waals surface area contributed by atoms with Gasteiger partial charge in [-0.05, 0) is 79.6 Å². The minimum atomic E-state index is -0.994. The largest absolute Gasteiger partial charge is 0.454 e. The molecule has 0 saturated carbocycles. The van der Waals surface area contributed by atoms with Crippen molar-refractivity contribution in [3.05, 3.63) is 100 Å². The molecule has 43 heavy (non-hydrogen) atoms. The molecule has 0 spiro atoms. The van der Waals surface area contributed by atoms with Crippen LogP contribution in [0.15, 0.2) is 78.0 Å². The Balaban J connectivity index is 1.51. The molecule has 3 aromatic carbocycles. The van der Waals surface area contributed by atoms with Gasteiger partial charge in [-0.25, -0.2) is 9.97 Å². The molecule has 1 unspecified atom stereocenters. The molecule has 2 heterocycles. The molecule has 222 valence electrons. The van der Waals surface area contributed by atoms with E-state index in [1.807, 2.05) is 75.3 Å². The molecule has 11 heteroatoms. The smallest absolute Gasteiger partial charge is 0.251 e. The first-order valence-electron chi connectivity index (χ1n) is 13.6. The van der Waals surface area contributed by atoms with Gasteiger partial charge in [-0.3, -0.25) is 9.59 Å². The molecule has 9 nitrogen and oxygen atoms in total. The number of carbonyl (C=O) groups excluding carboxylic acids is 2. The molecule has 1 aliphatic rings. The van der Waals surface area contributed by atoms with Crippen molar-refractivity contribution in [3.8, 4) is 11.5 Å². The van der Waals surface area contributed by atoms with Gasteiger partial charge >= 0.3 is 0 Å². The molecule has 1 aromatic heterocycles. The summed E-state index contributed by atoms with van der Waals surface area (Å²) >= 11 is 7.38. The van der Waals surface area contributed by atoms with Crippen LogP contribution in [0.4, 0.5) is 11.4 Å². The number of aromatic nitrogens is 2. The Morgan fingerprint density at radius 2 is 1.60 bits per heavy atom. The summed E-state index contributed by atoms with van der Waals surface area (Å²) in [6.45, 7) is 4.03. The lowest BCUT2D eigenvalue weighted by Gasteiger charge is -2.31. The van der Waals surface area contributed by atoms with Crippen LogP contribution in [0.3, 0.4) is 0 Å². The average molecular weight is 618 g/mol. The number of halogens is 1. The molecule has 5 rings (SSSR count). The standard InChI is InChI=1S/C32H32ClN5O4S/c1-20-15-21(2)35-32(34-20)43-18-29(39)38(17-22-5-8-24(33)9-6-22)30(23-7-14-27-28(16-23)42-19-41-27)31(40)36-25-10-12-26(13-11-25)37(3)4/h5-16,30H,17-19H2,1-4H3,(H,36,40). The maximum atomic E-state index is 14.1. The second-order valence-electron chi connectivity index (χ2n) is 10.3. The fourth-order valence-electron chi connectivity index (χ4n) is 4.69. The van der Waals surface area contributed by atoms with E-state index in [2.05, 4.69) is 15.3 Å². The van der Waals surface area contributed by atoms with Crippen molar-refractivity contribution in [2.45, 2.75) is 31.6 Å². The van der Waals surface area contributed by atoms with Crippen molar-refractivity contribution in [3.63, 3.8) is 0 Å². The van der Waals surface area contributed by atoms with Gasteiger partial charge in [-0.2, -0.15) is 0 Å². The van der Waals surface area contributed by atoms with Crippen LogP contribution in [-0.2, 0) is 16.1 Å². The normalized spacial score (nSPS) is 12.5. The van der Waals surface area contributed by atoms with Gasteiger partial charge in [0.25, 0.3) is 5.91 Å². The van der Waals surface area contributed by atoms with Crippen LogP contribution < -0.4 is 19.7 Å². The van der Waals surface area contributed by atoms with E-state index in [0.717, 1.165) is 22.6 Å². The highest BCUT2D eigenvalue weighted by atomic mass is 35.5. The van der Waals surface area contributed by atoms with Crippen LogP contribution in [0.2, 0.25) is 5.02 Å². The highest BCUT2D eigenvalue weighted by Crippen LogP contribution is 2.37. The number of amides is 2. The second kappa shape index (κ2) is 13.4. The zero-order chi connectivity index (χ0) is 30.5. The summed E-state index contributed by atoms with van der Waals surface area (Å²) in [5.74, 6) is 0.500. The number of hydrogen-bond donors (Lipinski definition) is 1. The summed E-state index contributed by atoms with van der Waals surface area (Å²) in [4.78, 5) is 40.7. The first kappa shape index (κ1) is 30.2. The molecule has 1 atom stereocenters. The van der Waals surface area contributed by atoms with Crippen LogP contribution in [0.5, 0.6) is 11.5 Å². The van der Waals surface area contributed by atoms with E-state index in [1.54, 1.807) is 35.2 Å². The Morgan fingerprint density at radius 1 is 0.930 bits per heavy atom. The monoisotopic (exact) mass is 617 g/mol. The molecule has 4 aromatic rings. The van der Waals surface area contributed by atoms with Crippen molar-refractivity contribution >= 4 is 46.6 Å². The molecule has 0 saturated heterocycles. The van der Waals surface area contributed by atoms with Crippen molar-refractivity contribution in [1.82, 2.24) is 14.9 Å².